The summed E-state index contributed by atoms with van der Waals surface area (Å²) >= 11 is 0. The van der Waals surface area contributed by atoms with Crippen LogP contribution in [0.2, 0.25) is 0 Å². The van der Waals surface area contributed by atoms with Crippen LogP contribution in [0.4, 0.5) is 0 Å². The Morgan fingerprint density at radius 2 is 2.04 bits per heavy atom. The summed E-state index contributed by atoms with van der Waals surface area (Å²) in [5.74, 6) is 2.59. The highest BCUT2D eigenvalue weighted by molar-refractivity contribution is 14.0. The third-order valence-electron chi connectivity index (χ3n) is 4.91. The van der Waals surface area contributed by atoms with Crippen LogP contribution in [0.15, 0.2) is 11.3 Å². The molecule has 1 heterocycles. The molecule has 1 aliphatic rings. The van der Waals surface area contributed by atoms with Gasteiger partial charge in [0.25, 0.3) is 0 Å². The first-order chi connectivity index (χ1) is 12.3. The first-order valence-electron chi connectivity index (χ1n) is 9.71. The van der Waals surface area contributed by atoms with Gasteiger partial charge >= 0.3 is 0 Å². The van der Waals surface area contributed by atoms with Crippen LogP contribution < -0.4 is 10.6 Å². The van der Waals surface area contributed by atoms with Crippen LogP contribution in [-0.4, -0.2) is 53.6 Å². The second-order valence-electron chi connectivity index (χ2n) is 6.55. The molecule has 26 heavy (non-hydrogen) atoms. The first kappa shape index (κ1) is 23.1. The monoisotopic (exact) mass is 478 g/mol. The summed E-state index contributed by atoms with van der Waals surface area (Å²) in [5.41, 5.74) is 0. The molecule has 1 aliphatic carbocycles. The van der Waals surface area contributed by atoms with E-state index in [9.17, 15) is 0 Å². The minimum atomic E-state index is 0. The van der Waals surface area contributed by atoms with Crippen LogP contribution in [0, 0.1) is 5.92 Å². The van der Waals surface area contributed by atoms with Crippen LogP contribution in [0.1, 0.15) is 51.8 Å². The maximum atomic E-state index is 5.98. The van der Waals surface area contributed by atoms with Gasteiger partial charge in [-0.2, -0.15) is 0 Å². The Morgan fingerprint density at radius 3 is 2.69 bits per heavy atom. The Morgan fingerprint density at radius 1 is 1.31 bits per heavy atom. The van der Waals surface area contributed by atoms with Gasteiger partial charge in [-0.25, -0.2) is 0 Å². The molecule has 2 N–H and O–H groups in total. The fraction of sp³-hybridized carbons (Fsp3) is 0.833. The van der Waals surface area contributed by atoms with Crippen LogP contribution in [0.3, 0.4) is 0 Å². The van der Waals surface area contributed by atoms with Crippen LogP contribution in [0.25, 0.3) is 0 Å². The van der Waals surface area contributed by atoms with E-state index in [0.29, 0.717) is 6.10 Å². The molecule has 1 atom stereocenters. The van der Waals surface area contributed by atoms with Crippen molar-refractivity contribution < 1.29 is 4.74 Å². The predicted octanol–water partition coefficient (Wildman–Crippen LogP) is 2.61. The molecule has 0 saturated heterocycles. The van der Waals surface area contributed by atoms with Gasteiger partial charge in [-0.05, 0) is 32.1 Å². The van der Waals surface area contributed by atoms with Gasteiger partial charge in [-0.15, -0.1) is 34.2 Å². The van der Waals surface area contributed by atoms with Crippen molar-refractivity contribution in [3.8, 4) is 0 Å². The standard InChI is InChI=1S/C18H34N6O.HI/c1-4-17-23-22-14-24(17)13-12-21-18(19-3)20-11-10-16(25-5-2)15-8-6-7-9-15;/h14-16H,4-13H2,1-3H3,(H2,19,20,21);1H. The fourth-order valence-corrected chi connectivity index (χ4v) is 3.59. The van der Waals surface area contributed by atoms with Crippen molar-refractivity contribution in [1.29, 1.82) is 0 Å². The van der Waals surface area contributed by atoms with E-state index in [-0.39, 0.29) is 24.0 Å². The SMILES string of the molecule is CCOC(CCNC(=NC)NCCn1cnnc1CC)C1CCCC1.I. The summed E-state index contributed by atoms with van der Waals surface area (Å²) < 4.78 is 8.05. The molecule has 150 valence electrons. The minimum Gasteiger partial charge on any atom is -0.378 e. The summed E-state index contributed by atoms with van der Waals surface area (Å²) in [7, 11) is 1.81. The van der Waals surface area contributed by atoms with Gasteiger partial charge in [-0.1, -0.05) is 19.8 Å². The van der Waals surface area contributed by atoms with Gasteiger partial charge in [0.2, 0.25) is 0 Å². The number of hydrogen-bond donors (Lipinski definition) is 2. The molecular formula is C18H35IN6O. The average molecular weight is 478 g/mol. The van der Waals surface area contributed by atoms with Crippen LogP contribution in [0.5, 0.6) is 0 Å². The zero-order valence-electron chi connectivity index (χ0n) is 16.4. The summed E-state index contributed by atoms with van der Waals surface area (Å²) in [6.07, 6.45) is 9.43. The topological polar surface area (TPSA) is 76.4 Å². The second kappa shape index (κ2) is 13.3. The van der Waals surface area contributed by atoms with E-state index < -0.39 is 0 Å². The summed E-state index contributed by atoms with van der Waals surface area (Å²) in [6.45, 7) is 7.49. The molecule has 0 amide bonds. The minimum absolute atomic E-state index is 0. The van der Waals surface area contributed by atoms with E-state index in [1.807, 2.05) is 7.05 Å². The quantitative estimate of drug-likeness (QED) is 0.307. The van der Waals surface area contributed by atoms with Crippen molar-refractivity contribution in [2.75, 3.05) is 26.7 Å². The highest BCUT2D eigenvalue weighted by Crippen LogP contribution is 2.30. The molecule has 1 unspecified atom stereocenters. The van der Waals surface area contributed by atoms with Crippen molar-refractivity contribution in [3.63, 3.8) is 0 Å². The number of aromatic nitrogens is 3. The lowest BCUT2D eigenvalue weighted by Gasteiger charge is -2.24. The van der Waals surface area contributed by atoms with Gasteiger partial charge in [0.05, 0.1) is 6.10 Å². The summed E-state index contributed by atoms with van der Waals surface area (Å²) in [6, 6.07) is 0. The molecule has 1 aromatic rings. The van der Waals surface area contributed by atoms with E-state index in [1.54, 1.807) is 6.33 Å². The van der Waals surface area contributed by atoms with E-state index in [1.165, 1.54) is 25.7 Å². The summed E-state index contributed by atoms with van der Waals surface area (Å²) in [4.78, 5) is 4.30. The second-order valence-corrected chi connectivity index (χ2v) is 6.55. The highest BCUT2D eigenvalue weighted by Gasteiger charge is 2.25. The van der Waals surface area contributed by atoms with Gasteiger partial charge in [0.1, 0.15) is 12.2 Å². The van der Waals surface area contributed by atoms with Crippen molar-refractivity contribution in [1.82, 2.24) is 25.4 Å². The molecule has 7 nitrogen and oxygen atoms in total. The number of rotatable bonds is 10. The molecule has 0 aromatic carbocycles. The normalized spacial score (nSPS) is 16.3. The molecule has 0 bridgehead atoms. The number of hydrogen-bond acceptors (Lipinski definition) is 4. The Balaban J connectivity index is 0.00000338. The molecule has 0 aliphatic heterocycles. The third-order valence-corrected chi connectivity index (χ3v) is 4.91. The molecule has 0 spiro atoms. The van der Waals surface area contributed by atoms with Crippen molar-refractivity contribution in [2.24, 2.45) is 10.9 Å². The van der Waals surface area contributed by atoms with E-state index in [2.05, 4.69) is 44.2 Å². The van der Waals surface area contributed by atoms with Gasteiger partial charge in [0, 0.05) is 39.7 Å². The average Bonchev–Trinajstić information content (AvgIpc) is 3.31. The number of nitrogens with one attached hydrogen (secondary N) is 2. The van der Waals surface area contributed by atoms with Gasteiger partial charge in [-0.3, -0.25) is 4.99 Å². The smallest absolute Gasteiger partial charge is 0.191 e. The predicted molar refractivity (Wildman–Crippen MR) is 116 cm³/mol. The largest absolute Gasteiger partial charge is 0.378 e. The Kier molecular flexibility index (Phi) is 11.8. The number of aliphatic imine (C=N–C) groups is 1. The van der Waals surface area contributed by atoms with E-state index >= 15 is 0 Å². The molecule has 1 aromatic heterocycles. The maximum Gasteiger partial charge on any atom is 0.191 e. The molecule has 8 heteroatoms. The molecule has 2 rings (SSSR count). The van der Waals surface area contributed by atoms with Crippen LogP contribution in [-0.2, 0) is 17.7 Å². The maximum absolute atomic E-state index is 5.98. The van der Waals surface area contributed by atoms with Crippen LogP contribution >= 0.6 is 24.0 Å². The number of nitrogens with zero attached hydrogens (tertiary/aromatic N) is 4. The van der Waals surface area contributed by atoms with Crippen molar-refractivity contribution in [3.05, 3.63) is 12.2 Å². The number of guanidine groups is 1. The molecule has 0 radical (unpaired) electrons. The number of aryl methyl sites for hydroxylation is 1. The zero-order chi connectivity index (χ0) is 17.9. The molecule has 1 saturated carbocycles. The number of ether oxygens (including phenoxy) is 1. The van der Waals surface area contributed by atoms with Crippen molar-refractivity contribution >= 4 is 29.9 Å². The first-order valence-corrected chi connectivity index (χ1v) is 9.71. The Hall–Kier alpha value is -0.900. The highest BCUT2D eigenvalue weighted by atomic mass is 127. The Labute approximate surface area is 174 Å². The van der Waals surface area contributed by atoms with E-state index in [0.717, 1.165) is 56.8 Å². The fourth-order valence-electron chi connectivity index (χ4n) is 3.59. The zero-order valence-corrected chi connectivity index (χ0v) is 18.7. The summed E-state index contributed by atoms with van der Waals surface area (Å²) in [5, 5.41) is 14.8. The lowest BCUT2D eigenvalue weighted by Crippen LogP contribution is -2.40. The molecular weight excluding hydrogens is 443 g/mol. The van der Waals surface area contributed by atoms with Gasteiger partial charge in [0.15, 0.2) is 5.96 Å². The van der Waals surface area contributed by atoms with Crippen molar-refractivity contribution in [2.45, 2.75) is 65.0 Å². The lowest BCUT2D eigenvalue weighted by molar-refractivity contribution is 0.0169. The lowest BCUT2D eigenvalue weighted by atomic mass is 9.98. The molecule has 1 fully saturated rings. The third kappa shape index (κ3) is 7.38. The number of halogens is 1. The van der Waals surface area contributed by atoms with Gasteiger partial charge < -0.3 is 19.9 Å². The van der Waals surface area contributed by atoms with E-state index in [4.69, 9.17) is 4.74 Å². The Bertz CT molecular complexity index is 516.